The van der Waals surface area contributed by atoms with E-state index in [4.69, 9.17) is 0 Å². The number of halogens is 1. The van der Waals surface area contributed by atoms with E-state index < -0.39 is 0 Å². The molecule has 0 heterocycles. The maximum atomic E-state index is 14.2. The van der Waals surface area contributed by atoms with Gasteiger partial charge in [0.15, 0.2) is 0 Å². The third-order valence-electron chi connectivity index (χ3n) is 3.52. The molecule has 0 aromatic heterocycles. The summed E-state index contributed by atoms with van der Waals surface area (Å²) in [5.74, 6) is -0.166. The zero-order chi connectivity index (χ0) is 15.9. The number of hydrogen-bond acceptors (Lipinski definition) is 2. The predicted octanol–water partition coefficient (Wildman–Crippen LogP) is 4.05. The molecule has 22 heavy (non-hydrogen) atoms. The Labute approximate surface area is 133 Å². The Morgan fingerprint density at radius 3 is 2.59 bits per heavy atom. The van der Waals surface area contributed by atoms with Gasteiger partial charge in [-0.3, -0.25) is 0 Å². The van der Waals surface area contributed by atoms with Crippen molar-refractivity contribution in [3.63, 3.8) is 0 Å². The highest BCUT2D eigenvalue weighted by molar-refractivity contribution is 5.65. The normalized spacial score (nSPS) is 11.1. The van der Waals surface area contributed by atoms with Gasteiger partial charge >= 0.3 is 0 Å². The minimum Gasteiger partial charge on any atom is -0.313 e. The van der Waals surface area contributed by atoms with Crippen LogP contribution in [-0.2, 0) is 13.1 Å². The number of nitrogens with zero attached hydrogens (tertiary/aromatic N) is 1. The summed E-state index contributed by atoms with van der Waals surface area (Å²) in [6.45, 7) is 4.75. The Balaban J connectivity index is 2.25. The summed E-state index contributed by atoms with van der Waals surface area (Å²) in [6.07, 6.45) is 1.10. The molecule has 0 fully saturated rings. The monoisotopic (exact) mass is 300 g/mol. The molecule has 0 aliphatic heterocycles. The van der Waals surface area contributed by atoms with Crippen molar-refractivity contribution in [2.45, 2.75) is 26.4 Å². The lowest BCUT2D eigenvalue weighted by atomic mass is 10.00. The van der Waals surface area contributed by atoms with Gasteiger partial charge in [-0.05, 0) is 62.0 Å². The lowest BCUT2D eigenvalue weighted by Crippen LogP contribution is -2.13. The van der Waals surface area contributed by atoms with Gasteiger partial charge in [0.2, 0.25) is 0 Å². The minimum atomic E-state index is -0.166. The quantitative estimate of drug-likeness (QED) is 0.776. The summed E-state index contributed by atoms with van der Waals surface area (Å²) < 4.78 is 14.2. The van der Waals surface area contributed by atoms with Crippen molar-refractivity contribution in [2.75, 3.05) is 20.6 Å². The van der Waals surface area contributed by atoms with Crippen LogP contribution in [0.3, 0.4) is 0 Å². The van der Waals surface area contributed by atoms with Gasteiger partial charge in [-0.25, -0.2) is 4.39 Å². The van der Waals surface area contributed by atoms with E-state index in [1.54, 1.807) is 6.07 Å². The first-order valence-corrected chi connectivity index (χ1v) is 7.83. The summed E-state index contributed by atoms with van der Waals surface area (Å²) in [6, 6.07) is 13.5. The standard InChI is InChI=1S/C19H25FN2/c1-4-10-21-13-15-8-9-19(20)18(12-15)17-7-5-6-16(11-17)14-22(2)3/h5-9,11-12,21H,4,10,13-14H2,1-3H3. The minimum absolute atomic E-state index is 0.166. The third kappa shape index (κ3) is 4.65. The predicted molar refractivity (Wildman–Crippen MR) is 91.2 cm³/mol. The number of hydrogen-bond donors (Lipinski definition) is 1. The van der Waals surface area contributed by atoms with Gasteiger partial charge < -0.3 is 10.2 Å². The molecule has 2 rings (SSSR count). The summed E-state index contributed by atoms with van der Waals surface area (Å²) in [5, 5.41) is 3.36. The lowest BCUT2D eigenvalue weighted by molar-refractivity contribution is 0.402. The van der Waals surface area contributed by atoms with Gasteiger partial charge in [-0.15, -0.1) is 0 Å². The van der Waals surface area contributed by atoms with Gasteiger partial charge in [-0.1, -0.05) is 31.2 Å². The van der Waals surface area contributed by atoms with Crippen LogP contribution >= 0.6 is 0 Å². The zero-order valence-corrected chi connectivity index (χ0v) is 13.7. The first-order valence-electron chi connectivity index (χ1n) is 7.83. The second kappa shape index (κ2) is 8.06. The van der Waals surface area contributed by atoms with Crippen LogP contribution < -0.4 is 5.32 Å². The van der Waals surface area contributed by atoms with E-state index in [2.05, 4.69) is 29.3 Å². The van der Waals surface area contributed by atoms with Crippen LogP contribution in [0.5, 0.6) is 0 Å². The Morgan fingerprint density at radius 2 is 1.86 bits per heavy atom. The topological polar surface area (TPSA) is 15.3 Å². The van der Waals surface area contributed by atoms with E-state index in [0.717, 1.165) is 37.2 Å². The maximum Gasteiger partial charge on any atom is 0.131 e. The number of rotatable bonds is 7. The van der Waals surface area contributed by atoms with Crippen LogP contribution in [0, 0.1) is 5.82 Å². The second-order valence-electron chi connectivity index (χ2n) is 5.93. The Kier molecular flexibility index (Phi) is 6.10. The molecule has 0 saturated carbocycles. The first-order chi connectivity index (χ1) is 10.6. The summed E-state index contributed by atoms with van der Waals surface area (Å²) in [4.78, 5) is 2.11. The third-order valence-corrected chi connectivity index (χ3v) is 3.52. The Morgan fingerprint density at radius 1 is 1.05 bits per heavy atom. The molecular formula is C19H25FN2. The first kappa shape index (κ1) is 16.7. The van der Waals surface area contributed by atoms with Crippen molar-refractivity contribution in [3.05, 3.63) is 59.4 Å². The molecule has 0 radical (unpaired) electrons. The van der Waals surface area contributed by atoms with E-state index in [0.29, 0.717) is 5.56 Å². The smallest absolute Gasteiger partial charge is 0.131 e. The van der Waals surface area contributed by atoms with E-state index >= 15 is 0 Å². The highest BCUT2D eigenvalue weighted by Crippen LogP contribution is 2.25. The number of benzene rings is 2. The molecule has 2 aromatic carbocycles. The van der Waals surface area contributed by atoms with E-state index in [1.165, 1.54) is 5.56 Å². The average molecular weight is 300 g/mol. The Bertz CT molecular complexity index is 608. The Hall–Kier alpha value is -1.71. The van der Waals surface area contributed by atoms with Gasteiger partial charge in [0, 0.05) is 18.7 Å². The molecule has 0 aliphatic carbocycles. The van der Waals surface area contributed by atoms with Gasteiger partial charge in [0.1, 0.15) is 5.82 Å². The molecule has 0 amide bonds. The molecule has 0 unspecified atom stereocenters. The van der Waals surface area contributed by atoms with E-state index in [9.17, 15) is 4.39 Å². The van der Waals surface area contributed by atoms with Crippen molar-refractivity contribution in [3.8, 4) is 11.1 Å². The molecule has 0 spiro atoms. The van der Waals surface area contributed by atoms with Crippen LogP contribution in [0.4, 0.5) is 4.39 Å². The number of nitrogens with one attached hydrogen (secondary N) is 1. The van der Waals surface area contributed by atoms with Crippen molar-refractivity contribution >= 4 is 0 Å². The summed E-state index contributed by atoms with van der Waals surface area (Å²) in [7, 11) is 4.07. The molecule has 0 aliphatic rings. The van der Waals surface area contributed by atoms with Crippen molar-refractivity contribution in [1.29, 1.82) is 0 Å². The molecule has 0 bridgehead atoms. The maximum absolute atomic E-state index is 14.2. The largest absolute Gasteiger partial charge is 0.313 e. The molecule has 0 saturated heterocycles. The molecule has 0 atom stereocenters. The highest BCUT2D eigenvalue weighted by Gasteiger charge is 2.07. The van der Waals surface area contributed by atoms with Crippen LogP contribution in [0.2, 0.25) is 0 Å². The van der Waals surface area contributed by atoms with Crippen molar-refractivity contribution < 1.29 is 4.39 Å². The van der Waals surface area contributed by atoms with Crippen LogP contribution in [0.1, 0.15) is 24.5 Å². The second-order valence-corrected chi connectivity index (χ2v) is 5.93. The van der Waals surface area contributed by atoms with Crippen LogP contribution in [0.15, 0.2) is 42.5 Å². The molecular weight excluding hydrogens is 275 g/mol. The van der Waals surface area contributed by atoms with Crippen molar-refractivity contribution in [2.24, 2.45) is 0 Å². The van der Waals surface area contributed by atoms with E-state index in [-0.39, 0.29) is 5.82 Å². The fourth-order valence-electron chi connectivity index (χ4n) is 2.52. The molecule has 118 valence electrons. The molecule has 1 N–H and O–H groups in total. The molecule has 3 heteroatoms. The van der Waals surface area contributed by atoms with Crippen LogP contribution in [-0.4, -0.2) is 25.5 Å². The van der Waals surface area contributed by atoms with Gasteiger partial charge in [-0.2, -0.15) is 0 Å². The summed E-state index contributed by atoms with van der Waals surface area (Å²) in [5.41, 5.74) is 3.92. The van der Waals surface area contributed by atoms with E-state index in [1.807, 2.05) is 38.4 Å². The SMILES string of the molecule is CCCNCc1ccc(F)c(-c2cccc(CN(C)C)c2)c1. The highest BCUT2D eigenvalue weighted by atomic mass is 19.1. The molecule has 2 nitrogen and oxygen atoms in total. The fourth-order valence-corrected chi connectivity index (χ4v) is 2.52. The zero-order valence-electron chi connectivity index (χ0n) is 13.7. The average Bonchev–Trinajstić information content (AvgIpc) is 2.49. The van der Waals surface area contributed by atoms with Gasteiger partial charge in [0.25, 0.3) is 0 Å². The van der Waals surface area contributed by atoms with Crippen molar-refractivity contribution in [1.82, 2.24) is 10.2 Å². The molecule has 2 aromatic rings. The van der Waals surface area contributed by atoms with Gasteiger partial charge in [0.05, 0.1) is 0 Å². The lowest BCUT2D eigenvalue weighted by Gasteiger charge is -2.12. The summed E-state index contributed by atoms with van der Waals surface area (Å²) >= 11 is 0. The van der Waals surface area contributed by atoms with Crippen LogP contribution in [0.25, 0.3) is 11.1 Å². The fraction of sp³-hybridized carbons (Fsp3) is 0.368.